The number of carbonyl (C=O) groups excluding carboxylic acids is 1. The fourth-order valence-electron chi connectivity index (χ4n) is 0.925. The topological polar surface area (TPSA) is 26.3 Å². The Morgan fingerprint density at radius 2 is 2.15 bits per heavy atom. The van der Waals surface area contributed by atoms with Crippen molar-refractivity contribution in [2.75, 3.05) is 6.61 Å². The van der Waals surface area contributed by atoms with Gasteiger partial charge in [-0.05, 0) is 12.8 Å². The summed E-state index contributed by atoms with van der Waals surface area (Å²) in [5, 5.41) is 0. The molecule has 0 heterocycles. The Bertz CT molecular complexity index is 161. The van der Waals surface area contributed by atoms with Crippen LogP contribution in [0.4, 0.5) is 0 Å². The molecule has 76 valence electrons. The normalized spacial score (nSPS) is 13.2. The summed E-state index contributed by atoms with van der Waals surface area (Å²) in [6.07, 6.45) is 6.60. The molecule has 0 radical (unpaired) electrons. The second-order valence-electron chi connectivity index (χ2n) is 3.25. The molecule has 2 nitrogen and oxygen atoms in total. The van der Waals surface area contributed by atoms with Crippen molar-refractivity contribution in [1.82, 2.24) is 0 Å². The highest BCUT2D eigenvalue weighted by Gasteiger charge is 2.02. The van der Waals surface area contributed by atoms with E-state index in [1.54, 1.807) is 0 Å². The Morgan fingerprint density at radius 3 is 2.69 bits per heavy atom. The molecular formula is C11H20O2. The third kappa shape index (κ3) is 7.57. The first-order chi connectivity index (χ1) is 6.20. The van der Waals surface area contributed by atoms with E-state index in [9.17, 15) is 4.79 Å². The highest BCUT2D eigenvalue weighted by atomic mass is 16.5. The summed E-state index contributed by atoms with van der Waals surface area (Å²) in [7, 11) is 0. The van der Waals surface area contributed by atoms with Crippen LogP contribution in [0.3, 0.4) is 0 Å². The standard InChI is InChI=1S/C11H20O2/c1-4-6-8-10(3)9-13-11(12)7-5-2/h6,8,10H,4-5,7,9H2,1-3H3/b8-6-. The lowest BCUT2D eigenvalue weighted by Gasteiger charge is -2.07. The molecular weight excluding hydrogens is 164 g/mol. The van der Waals surface area contributed by atoms with E-state index in [0.717, 1.165) is 12.8 Å². The molecule has 0 aromatic rings. The molecule has 0 aromatic carbocycles. The van der Waals surface area contributed by atoms with Crippen molar-refractivity contribution in [3.63, 3.8) is 0 Å². The Labute approximate surface area is 81.0 Å². The van der Waals surface area contributed by atoms with Crippen molar-refractivity contribution in [2.45, 2.75) is 40.0 Å². The van der Waals surface area contributed by atoms with Gasteiger partial charge in [0, 0.05) is 12.3 Å². The zero-order valence-corrected chi connectivity index (χ0v) is 8.88. The van der Waals surface area contributed by atoms with Crippen LogP contribution in [-0.4, -0.2) is 12.6 Å². The first-order valence-corrected chi connectivity index (χ1v) is 5.03. The van der Waals surface area contributed by atoms with Gasteiger partial charge in [0.15, 0.2) is 0 Å². The Balaban J connectivity index is 3.51. The number of rotatable bonds is 6. The van der Waals surface area contributed by atoms with E-state index in [4.69, 9.17) is 4.74 Å². The van der Waals surface area contributed by atoms with Gasteiger partial charge in [0.1, 0.15) is 0 Å². The first kappa shape index (κ1) is 12.2. The Morgan fingerprint density at radius 1 is 1.46 bits per heavy atom. The predicted octanol–water partition coefficient (Wildman–Crippen LogP) is 2.93. The van der Waals surface area contributed by atoms with E-state index in [0.29, 0.717) is 18.9 Å². The molecule has 0 saturated carbocycles. The average Bonchev–Trinajstić information content (AvgIpc) is 2.12. The van der Waals surface area contributed by atoms with Crippen LogP contribution in [0.1, 0.15) is 40.0 Å². The minimum absolute atomic E-state index is 0.0840. The van der Waals surface area contributed by atoms with E-state index in [1.165, 1.54) is 0 Å². The summed E-state index contributed by atoms with van der Waals surface area (Å²) < 4.78 is 5.05. The molecule has 0 aromatic heterocycles. The van der Waals surface area contributed by atoms with Crippen LogP contribution >= 0.6 is 0 Å². The second kappa shape index (κ2) is 7.84. The largest absolute Gasteiger partial charge is 0.465 e. The zero-order valence-electron chi connectivity index (χ0n) is 8.88. The van der Waals surface area contributed by atoms with Crippen LogP contribution in [0.2, 0.25) is 0 Å². The van der Waals surface area contributed by atoms with Gasteiger partial charge in [-0.25, -0.2) is 0 Å². The van der Waals surface area contributed by atoms with Crippen LogP contribution in [0.15, 0.2) is 12.2 Å². The number of hydrogen-bond acceptors (Lipinski definition) is 2. The summed E-state index contributed by atoms with van der Waals surface area (Å²) in [5.41, 5.74) is 0. The van der Waals surface area contributed by atoms with Crippen LogP contribution in [-0.2, 0) is 9.53 Å². The maximum atomic E-state index is 11.0. The molecule has 0 N–H and O–H groups in total. The van der Waals surface area contributed by atoms with E-state index in [1.807, 2.05) is 13.8 Å². The molecule has 0 bridgehead atoms. The summed E-state index contributed by atoms with van der Waals surface area (Å²) in [4.78, 5) is 11.0. The van der Waals surface area contributed by atoms with Crippen LogP contribution < -0.4 is 0 Å². The third-order valence-corrected chi connectivity index (χ3v) is 1.66. The molecule has 1 atom stereocenters. The Hall–Kier alpha value is -0.790. The van der Waals surface area contributed by atoms with Gasteiger partial charge in [-0.3, -0.25) is 4.79 Å². The number of hydrogen-bond donors (Lipinski definition) is 0. The predicted molar refractivity (Wildman–Crippen MR) is 54.5 cm³/mol. The van der Waals surface area contributed by atoms with Crippen molar-refractivity contribution in [2.24, 2.45) is 5.92 Å². The maximum absolute atomic E-state index is 11.0. The second-order valence-corrected chi connectivity index (χ2v) is 3.25. The lowest BCUT2D eigenvalue weighted by Crippen LogP contribution is -2.09. The number of carbonyl (C=O) groups is 1. The highest BCUT2D eigenvalue weighted by molar-refractivity contribution is 5.69. The highest BCUT2D eigenvalue weighted by Crippen LogP contribution is 2.01. The molecule has 0 saturated heterocycles. The van der Waals surface area contributed by atoms with Crippen molar-refractivity contribution >= 4 is 5.97 Å². The van der Waals surface area contributed by atoms with E-state index in [-0.39, 0.29) is 5.97 Å². The average molecular weight is 184 g/mol. The molecule has 1 unspecified atom stereocenters. The van der Waals surface area contributed by atoms with Gasteiger partial charge < -0.3 is 4.74 Å². The molecule has 0 aliphatic carbocycles. The van der Waals surface area contributed by atoms with E-state index < -0.39 is 0 Å². The van der Waals surface area contributed by atoms with Crippen LogP contribution in [0.5, 0.6) is 0 Å². The van der Waals surface area contributed by atoms with Gasteiger partial charge in [0.05, 0.1) is 6.61 Å². The number of esters is 1. The molecule has 0 aliphatic rings. The van der Waals surface area contributed by atoms with Gasteiger partial charge in [-0.15, -0.1) is 0 Å². The van der Waals surface area contributed by atoms with Crippen molar-refractivity contribution < 1.29 is 9.53 Å². The quantitative estimate of drug-likeness (QED) is 0.468. The molecule has 0 amide bonds. The van der Waals surface area contributed by atoms with Crippen molar-refractivity contribution in [1.29, 1.82) is 0 Å². The SMILES string of the molecule is CC/C=C\C(C)COC(=O)CCC. The monoisotopic (exact) mass is 184 g/mol. The summed E-state index contributed by atoms with van der Waals surface area (Å²) >= 11 is 0. The van der Waals surface area contributed by atoms with Gasteiger partial charge in [0.2, 0.25) is 0 Å². The van der Waals surface area contributed by atoms with E-state index >= 15 is 0 Å². The lowest BCUT2D eigenvalue weighted by molar-refractivity contribution is -0.144. The van der Waals surface area contributed by atoms with Crippen LogP contribution in [0.25, 0.3) is 0 Å². The summed E-state index contributed by atoms with van der Waals surface area (Å²) in [5.74, 6) is 0.250. The molecule has 0 aliphatic heterocycles. The van der Waals surface area contributed by atoms with Crippen LogP contribution in [0, 0.1) is 5.92 Å². The minimum Gasteiger partial charge on any atom is -0.465 e. The van der Waals surface area contributed by atoms with Crippen molar-refractivity contribution in [3.8, 4) is 0 Å². The smallest absolute Gasteiger partial charge is 0.305 e. The van der Waals surface area contributed by atoms with E-state index in [2.05, 4.69) is 19.1 Å². The van der Waals surface area contributed by atoms with Gasteiger partial charge in [-0.2, -0.15) is 0 Å². The minimum atomic E-state index is -0.0840. The maximum Gasteiger partial charge on any atom is 0.305 e. The fourth-order valence-corrected chi connectivity index (χ4v) is 0.925. The summed E-state index contributed by atoms with van der Waals surface area (Å²) in [6, 6.07) is 0. The van der Waals surface area contributed by atoms with Gasteiger partial charge in [0.25, 0.3) is 0 Å². The lowest BCUT2D eigenvalue weighted by atomic mass is 10.2. The van der Waals surface area contributed by atoms with Crippen molar-refractivity contribution in [3.05, 3.63) is 12.2 Å². The number of allylic oxidation sites excluding steroid dienone is 1. The zero-order chi connectivity index (χ0) is 10.1. The van der Waals surface area contributed by atoms with Gasteiger partial charge >= 0.3 is 5.97 Å². The summed E-state index contributed by atoms with van der Waals surface area (Å²) in [6.45, 7) is 6.62. The molecule has 13 heavy (non-hydrogen) atoms. The van der Waals surface area contributed by atoms with Gasteiger partial charge in [-0.1, -0.05) is 32.9 Å². The third-order valence-electron chi connectivity index (χ3n) is 1.66. The molecule has 2 heteroatoms. The molecule has 0 spiro atoms. The number of ether oxygens (including phenoxy) is 1. The molecule has 0 rings (SSSR count). The molecule has 0 fully saturated rings. The Kier molecular flexibility index (Phi) is 7.36. The first-order valence-electron chi connectivity index (χ1n) is 5.03. The fraction of sp³-hybridized carbons (Fsp3) is 0.727.